The van der Waals surface area contributed by atoms with Crippen LogP contribution < -0.4 is 10.6 Å². The molecule has 1 saturated carbocycles. The fraction of sp³-hybridized carbons (Fsp3) is 0.824. The summed E-state index contributed by atoms with van der Waals surface area (Å²) < 4.78 is 0. The molecule has 1 rings (SSSR count). The van der Waals surface area contributed by atoms with Crippen molar-refractivity contribution in [3.8, 4) is 0 Å². The van der Waals surface area contributed by atoms with Gasteiger partial charge in [0.15, 0.2) is 0 Å². The van der Waals surface area contributed by atoms with Crippen molar-refractivity contribution in [2.45, 2.75) is 65.8 Å². The van der Waals surface area contributed by atoms with Gasteiger partial charge in [-0.3, -0.25) is 9.59 Å². The maximum atomic E-state index is 12.4. The second kappa shape index (κ2) is 8.31. The third-order valence-corrected chi connectivity index (χ3v) is 4.34. The molecule has 6 nitrogen and oxygen atoms in total. The number of hydrogen-bond donors (Lipinski definition) is 3. The summed E-state index contributed by atoms with van der Waals surface area (Å²) in [5, 5.41) is 14.3. The predicted octanol–water partition coefficient (Wildman–Crippen LogP) is 1.93. The minimum atomic E-state index is -1.05. The van der Waals surface area contributed by atoms with Gasteiger partial charge in [0.2, 0.25) is 11.8 Å². The van der Waals surface area contributed by atoms with Gasteiger partial charge in [-0.1, -0.05) is 34.1 Å². The van der Waals surface area contributed by atoms with E-state index in [-0.39, 0.29) is 23.8 Å². The van der Waals surface area contributed by atoms with Crippen LogP contribution >= 0.6 is 0 Å². The summed E-state index contributed by atoms with van der Waals surface area (Å²) in [4.78, 5) is 35.4. The van der Waals surface area contributed by atoms with Crippen LogP contribution in [-0.4, -0.2) is 35.5 Å². The summed E-state index contributed by atoms with van der Waals surface area (Å²) in [7, 11) is 0. The average Bonchev–Trinajstić information content (AvgIpc) is 2.38. The molecule has 1 aliphatic rings. The van der Waals surface area contributed by atoms with Gasteiger partial charge in [0.1, 0.15) is 6.04 Å². The van der Waals surface area contributed by atoms with Gasteiger partial charge in [-0.05, 0) is 37.5 Å². The summed E-state index contributed by atoms with van der Waals surface area (Å²) in [6, 6.07) is -0.910. The summed E-state index contributed by atoms with van der Waals surface area (Å²) in [5.74, 6) is -0.991. The molecule has 23 heavy (non-hydrogen) atoms. The Labute approximate surface area is 138 Å². The lowest BCUT2D eigenvalue weighted by atomic mass is 9.64. The minimum Gasteiger partial charge on any atom is -0.480 e. The lowest BCUT2D eigenvalue weighted by Crippen LogP contribution is -2.51. The number of hydrogen-bond acceptors (Lipinski definition) is 3. The van der Waals surface area contributed by atoms with Crippen LogP contribution in [0.4, 0.5) is 0 Å². The molecule has 0 bridgehead atoms. The van der Waals surface area contributed by atoms with Gasteiger partial charge < -0.3 is 15.7 Å². The largest absolute Gasteiger partial charge is 0.480 e. The maximum absolute atomic E-state index is 12.4. The molecule has 0 aromatic carbocycles. The van der Waals surface area contributed by atoms with Crippen molar-refractivity contribution < 1.29 is 19.5 Å². The highest BCUT2D eigenvalue weighted by atomic mass is 16.4. The van der Waals surface area contributed by atoms with Gasteiger partial charge in [0.05, 0.1) is 6.54 Å². The van der Waals surface area contributed by atoms with Crippen molar-refractivity contribution in [3.63, 3.8) is 0 Å². The van der Waals surface area contributed by atoms with Crippen LogP contribution in [-0.2, 0) is 14.4 Å². The van der Waals surface area contributed by atoms with Crippen molar-refractivity contribution >= 4 is 17.8 Å². The Morgan fingerprint density at radius 1 is 1.09 bits per heavy atom. The molecule has 0 aliphatic heterocycles. The van der Waals surface area contributed by atoms with Crippen LogP contribution in [0.25, 0.3) is 0 Å². The van der Waals surface area contributed by atoms with Crippen molar-refractivity contribution in [2.24, 2.45) is 17.3 Å². The van der Waals surface area contributed by atoms with Gasteiger partial charge in [0, 0.05) is 5.41 Å². The molecule has 132 valence electrons. The van der Waals surface area contributed by atoms with Gasteiger partial charge in [-0.15, -0.1) is 0 Å². The zero-order chi connectivity index (χ0) is 17.6. The average molecular weight is 326 g/mol. The molecule has 1 atom stereocenters. The Kier molecular flexibility index (Phi) is 7.03. The van der Waals surface area contributed by atoms with E-state index in [1.165, 1.54) is 0 Å². The van der Waals surface area contributed by atoms with Crippen LogP contribution in [0.1, 0.15) is 59.8 Å². The Morgan fingerprint density at radius 2 is 1.70 bits per heavy atom. The molecule has 0 radical (unpaired) electrons. The van der Waals surface area contributed by atoms with Gasteiger partial charge >= 0.3 is 5.97 Å². The fourth-order valence-corrected chi connectivity index (χ4v) is 3.20. The molecule has 3 N–H and O–H groups in total. The first-order valence-corrected chi connectivity index (χ1v) is 8.47. The molecular weight excluding hydrogens is 296 g/mol. The van der Waals surface area contributed by atoms with E-state index in [0.29, 0.717) is 12.3 Å². The summed E-state index contributed by atoms with van der Waals surface area (Å²) in [6.45, 7) is 7.81. The molecule has 1 aliphatic carbocycles. The van der Waals surface area contributed by atoms with E-state index >= 15 is 0 Å². The van der Waals surface area contributed by atoms with E-state index in [2.05, 4.69) is 24.5 Å². The van der Waals surface area contributed by atoms with Crippen LogP contribution in [0.3, 0.4) is 0 Å². The first-order valence-electron chi connectivity index (χ1n) is 8.47. The number of rotatable bonds is 9. The Bertz CT molecular complexity index is 442. The maximum Gasteiger partial charge on any atom is 0.326 e. The zero-order valence-electron chi connectivity index (χ0n) is 14.6. The number of carbonyl (C=O) groups excluding carboxylic acids is 2. The minimum absolute atomic E-state index is 0.0802. The van der Waals surface area contributed by atoms with E-state index in [1.807, 2.05) is 13.8 Å². The summed E-state index contributed by atoms with van der Waals surface area (Å²) in [5.41, 5.74) is -0.335. The molecular formula is C17H30N2O4. The van der Waals surface area contributed by atoms with Crippen LogP contribution in [0.2, 0.25) is 0 Å². The lowest BCUT2D eigenvalue weighted by Gasteiger charge is -2.41. The fourth-order valence-electron chi connectivity index (χ4n) is 3.20. The standard InChI is InChI=1S/C17H30N2O4/c1-11(2)8-13(15(21)22)19-14(20)10-18-16(23)17(6-5-7-17)9-12(3)4/h11-13H,5-10H2,1-4H3,(H,18,23)(H,19,20)(H,21,22)/t13-/m0/s1. The number of amides is 2. The van der Waals surface area contributed by atoms with Crippen molar-refractivity contribution in [3.05, 3.63) is 0 Å². The summed E-state index contributed by atoms with van der Waals surface area (Å²) >= 11 is 0. The highest BCUT2D eigenvalue weighted by Crippen LogP contribution is 2.46. The topological polar surface area (TPSA) is 95.5 Å². The second-order valence-electron chi connectivity index (χ2n) is 7.50. The van der Waals surface area contributed by atoms with E-state index < -0.39 is 17.9 Å². The Balaban J connectivity index is 2.48. The third kappa shape index (κ3) is 5.84. The normalized spacial score (nSPS) is 17.5. The molecule has 6 heteroatoms. The van der Waals surface area contributed by atoms with Crippen molar-refractivity contribution in [1.82, 2.24) is 10.6 Å². The molecule has 1 fully saturated rings. The van der Waals surface area contributed by atoms with Gasteiger partial charge in [0.25, 0.3) is 0 Å². The second-order valence-corrected chi connectivity index (χ2v) is 7.50. The number of carboxylic acids is 1. The van der Waals surface area contributed by atoms with E-state index in [4.69, 9.17) is 5.11 Å². The smallest absolute Gasteiger partial charge is 0.326 e. The third-order valence-electron chi connectivity index (χ3n) is 4.34. The van der Waals surface area contributed by atoms with Crippen LogP contribution in [0, 0.1) is 17.3 Å². The van der Waals surface area contributed by atoms with E-state index in [9.17, 15) is 14.4 Å². The van der Waals surface area contributed by atoms with E-state index in [1.54, 1.807) is 0 Å². The summed E-state index contributed by atoms with van der Waals surface area (Å²) in [6.07, 6.45) is 3.97. The monoisotopic (exact) mass is 326 g/mol. The zero-order valence-corrected chi connectivity index (χ0v) is 14.6. The molecule has 0 aromatic rings. The lowest BCUT2D eigenvalue weighted by molar-refractivity contribution is -0.142. The number of aliphatic carboxylic acids is 1. The number of carboxylic acid groups (broad SMARTS) is 1. The van der Waals surface area contributed by atoms with Gasteiger partial charge in [-0.25, -0.2) is 4.79 Å². The molecule has 0 unspecified atom stereocenters. The number of carbonyl (C=O) groups is 3. The molecule has 0 heterocycles. The van der Waals surface area contributed by atoms with Crippen molar-refractivity contribution in [2.75, 3.05) is 6.54 Å². The Hall–Kier alpha value is -1.59. The molecule has 0 aromatic heterocycles. The Morgan fingerprint density at radius 3 is 2.09 bits per heavy atom. The predicted molar refractivity (Wildman–Crippen MR) is 87.8 cm³/mol. The number of nitrogens with one attached hydrogen (secondary N) is 2. The first kappa shape index (κ1) is 19.5. The van der Waals surface area contributed by atoms with Gasteiger partial charge in [-0.2, -0.15) is 0 Å². The molecule has 2 amide bonds. The quantitative estimate of drug-likeness (QED) is 0.603. The SMILES string of the molecule is CC(C)C[C@H](NC(=O)CNC(=O)C1(CC(C)C)CCC1)C(=O)O. The molecule has 0 spiro atoms. The van der Waals surface area contributed by atoms with Crippen molar-refractivity contribution in [1.29, 1.82) is 0 Å². The highest BCUT2D eigenvalue weighted by Gasteiger charge is 2.44. The van der Waals surface area contributed by atoms with Crippen LogP contribution in [0.15, 0.2) is 0 Å². The molecule has 0 saturated heterocycles. The highest BCUT2D eigenvalue weighted by molar-refractivity contribution is 5.90. The van der Waals surface area contributed by atoms with E-state index in [0.717, 1.165) is 25.7 Å². The first-order chi connectivity index (χ1) is 10.7. The van der Waals surface area contributed by atoms with Crippen LogP contribution in [0.5, 0.6) is 0 Å².